The molecule has 0 aromatic carbocycles. The third kappa shape index (κ3) is 1.59. The molecule has 2 aliphatic heterocycles. The van der Waals surface area contributed by atoms with Crippen LogP contribution in [0, 0.1) is 5.92 Å². The van der Waals surface area contributed by atoms with Crippen LogP contribution in [0.1, 0.15) is 6.92 Å². The molecule has 1 saturated heterocycles. The molecule has 2 heterocycles. The molecule has 0 bridgehead atoms. The molecule has 106 valence electrons. The van der Waals surface area contributed by atoms with Crippen LogP contribution in [0.3, 0.4) is 0 Å². The van der Waals surface area contributed by atoms with Gasteiger partial charge < -0.3 is 19.5 Å². The Bertz CT molecular complexity index is 607. The first-order chi connectivity index (χ1) is 9.41. The highest BCUT2D eigenvalue weighted by Gasteiger charge is 2.48. The number of hydrogen-bond donors (Lipinski definition) is 0. The van der Waals surface area contributed by atoms with Crippen LogP contribution in [0.25, 0.3) is 0 Å². The van der Waals surface area contributed by atoms with Crippen molar-refractivity contribution in [3.8, 4) is 0 Å². The summed E-state index contributed by atoms with van der Waals surface area (Å²) < 4.78 is 32.5. The Kier molecular flexibility index (Phi) is 2.67. The number of ether oxygens (including phenoxy) is 1. The average Bonchev–Trinajstić information content (AvgIpc) is 2.39. The molecule has 20 heavy (non-hydrogen) atoms. The van der Waals surface area contributed by atoms with Crippen LogP contribution in [0.15, 0.2) is 35.3 Å². The zero-order valence-corrected chi connectivity index (χ0v) is 10.4. The third-order valence-corrected chi connectivity index (χ3v) is 3.74. The lowest BCUT2D eigenvalue weighted by molar-refractivity contribution is -0.299. The lowest BCUT2D eigenvalue weighted by Gasteiger charge is -2.47. The number of carboxylic acids is 1. The van der Waals surface area contributed by atoms with Gasteiger partial charge in [0.2, 0.25) is 0 Å². The van der Waals surface area contributed by atoms with E-state index in [1.165, 1.54) is 4.90 Å². The van der Waals surface area contributed by atoms with E-state index in [2.05, 4.69) is 0 Å². The fraction of sp³-hybridized carbons (Fsp3) is 0.385. The van der Waals surface area contributed by atoms with Gasteiger partial charge in [0.25, 0.3) is 0 Å². The van der Waals surface area contributed by atoms with E-state index in [1.807, 2.05) is 0 Å². The van der Waals surface area contributed by atoms with E-state index >= 15 is 0 Å². The third-order valence-electron chi connectivity index (χ3n) is 3.74. The Morgan fingerprint density at radius 2 is 2.20 bits per heavy atom. The van der Waals surface area contributed by atoms with Crippen LogP contribution in [0.4, 0.5) is 8.78 Å². The van der Waals surface area contributed by atoms with Crippen LogP contribution >= 0.6 is 0 Å². The van der Waals surface area contributed by atoms with Crippen molar-refractivity contribution in [3.05, 3.63) is 35.3 Å². The van der Waals surface area contributed by atoms with Crippen molar-refractivity contribution < 1.29 is 28.2 Å². The lowest BCUT2D eigenvalue weighted by Crippen LogP contribution is -2.56. The molecule has 3 rings (SSSR count). The van der Waals surface area contributed by atoms with E-state index in [-0.39, 0.29) is 18.4 Å². The summed E-state index contributed by atoms with van der Waals surface area (Å²) in [7, 11) is 0. The summed E-state index contributed by atoms with van der Waals surface area (Å²) in [6, 6.07) is -1.11. The highest BCUT2D eigenvalue weighted by atomic mass is 19.2. The first-order valence-corrected chi connectivity index (χ1v) is 6.06. The number of aliphatic carboxylic acids is 1. The zero-order valence-electron chi connectivity index (χ0n) is 10.4. The number of halogens is 2. The fourth-order valence-electron chi connectivity index (χ4n) is 2.74. The summed E-state index contributed by atoms with van der Waals surface area (Å²) in [6.07, 6.45) is 1.94. The number of allylic oxidation sites excluding steroid dienone is 2. The highest BCUT2D eigenvalue weighted by Crippen LogP contribution is 2.41. The summed E-state index contributed by atoms with van der Waals surface area (Å²) in [5.41, 5.74) is -0.536. The monoisotopic (exact) mass is 282 g/mol. The predicted octanol–water partition coefficient (Wildman–Crippen LogP) is -0.0435. The standard InChI is InChI=1S/C13H11F2NO4/c1-5-4-20-12-9(15)8(14)2-6-10(12)16(5)3-7(11(6)17)13(18)19/h2-3,5-6,10H,4H2,1H3,(H,18,19)/p-1/t5-,6-,10+/m1/s1. The molecular formula is C13H10F2NO4-. The predicted molar refractivity (Wildman–Crippen MR) is 60.0 cm³/mol. The topological polar surface area (TPSA) is 69.7 Å². The number of Topliss-reactive ketones (excluding diaryl/α,β-unsaturated/α-hetero) is 1. The quantitative estimate of drug-likeness (QED) is 0.631. The van der Waals surface area contributed by atoms with Crippen molar-refractivity contribution in [2.24, 2.45) is 5.92 Å². The maximum absolute atomic E-state index is 13.8. The fourth-order valence-corrected chi connectivity index (χ4v) is 2.74. The van der Waals surface area contributed by atoms with Crippen molar-refractivity contribution in [1.82, 2.24) is 4.90 Å². The number of carboxylic acid groups (broad SMARTS) is 1. The Morgan fingerprint density at radius 3 is 2.85 bits per heavy atom. The van der Waals surface area contributed by atoms with Gasteiger partial charge in [-0.3, -0.25) is 4.79 Å². The molecule has 0 saturated carbocycles. The molecule has 0 radical (unpaired) electrons. The first-order valence-electron chi connectivity index (χ1n) is 6.06. The van der Waals surface area contributed by atoms with E-state index in [1.54, 1.807) is 6.92 Å². The molecule has 0 amide bonds. The second-order valence-corrected chi connectivity index (χ2v) is 4.97. The Hall–Kier alpha value is -2.18. The summed E-state index contributed by atoms with van der Waals surface area (Å²) in [4.78, 5) is 24.6. The number of rotatable bonds is 1. The maximum atomic E-state index is 13.8. The van der Waals surface area contributed by atoms with E-state index in [0.717, 1.165) is 12.3 Å². The molecule has 3 aliphatic rings. The van der Waals surface area contributed by atoms with Gasteiger partial charge in [-0.25, -0.2) is 4.39 Å². The molecule has 0 N–H and O–H groups in total. The molecule has 1 aliphatic carbocycles. The second-order valence-electron chi connectivity index (χ2n) is 4.97. The zero-order chi connectivity index (χ0) is 14.6. The van der Waals surface area contributed by atoms with Crippen molar-refractivity contribution in [2.45, 2.75) is 19.0 Å². The van der Waals surface area contributed by atoms with Gasteiger partial charge in [-0.05, 0) is 13.0 Å². The van der Waals surface area contributed by atoms with Gasteiger partial charge >= 0.3 is 0 Å². The minimum atomic E-state index is -1.63. The smallest absolute Gasteiger partial charge is 0.198 e. The minimum Gasteiger partial charge on any atom is -0.545 e. The number of carbonyl (C=O) groups excluding carboxylic acids is 2. The van der Waals surface area contributed by atoms with Gasteiger partial charge in [-0.2, -0.15) is 4.39 Å². The molecule has 3 atom stereocenters. The Morgan fingerprint density at radius 1 is 1.50 bits per heavy atom. The van der Waals surface area contributed by atoms with E-state index in [0.29, 0.717) is 0 Å². The minimum absolute atomic E-state index is 0.0737. The van der Waals surface area contributed by atoms with Crippen molar-refractivity contribution in [2.75, 3.05) is 6.61 Å². The number of carbonyl (C=O) groups is 2. The summed E-state index contributed by atoms with van der Waals surface area (Å²) in [5.74, 6) is -6.15. The van der Waals surface area contributed by atoms with E-state index < -0.39 is 40.9 Å². The first kappa shape index (κ1) is 12.8. The molecule has 0 aromatic heterocycles. The number of ketones is 1. The van der Waals surface area contributed by atoms with Crippen LogP contribution in [0.2, 0.25) is 0 Å². The number of nitrogens with zero attached hydrogens (tertiary/aromatic N) is 1. The van der Waals surface area contributed by atoms with Crippen molar-refractivity contribution in [3.63, 3.8) is 0 Å². The summed E-state index contributed by atoms with van der Waals surface area (Å²) in [6.45, 7) is 1.81. The van der Waals surface area contributed by atoms with Gasteiger partial charge in [0.1, 0.15) is 12.6 Å². The molecular weight excluding hydrogens is 272 g/mol. The van der Waals surface area contributed by atoms with Gasteiger partial charge in [0, 0.05) is 6.20 Å². The SMILES string of the molecule is C[C@@H]1COC2=C(F)C(F)=C[C@H]3C(=O)C(C(=O)[O-])=CN1[C@H]23. The van der Waals surface area contributed by atoms with Crippen molar-refractivity contribution in [1.29, 1.82) is 0 Å². The maximum Gasteiger partial charge on any atom is 0.198 e. The molecule has 0 unspecified atom stereocenters. The second kappa shape index (κ2) is 4.16. The normalized spacial score (nSPS) is 32.2. The molecule has 1 fully saturated rings. The van der Waals surface area contributed by atoms with Gasteiger partial charge in [-0.1, -0.05) is 0 Å². The van der Waals surface area contributed by atoms with Gasteiger partial charge in [0.05, 0.1) is 23.5 Å². The Labute approximate surface area is 112 Å². The highest BCUT2D eigenvalue weighted by molar-refractivity contribution is 6.18. The van der Waals surface area contributed by atoms with Gasteiger partial charge in [-0.15, -0.1) is 0 Å². The molecule has 5 nitrogen and oxygen atoms in total. The van der Waals surface area contributed by atoms with Gasteiger partial charge in [0.15, 0.2) is 23.2 Å². The molecule has 0 aromatic rings. The van der Waals surface area contributed by atoms with E-state index in [4.69, 9.17) is 4.74 Å². The van der Waals surface area contributed by atoms with Crippen LogP contribution in [0.5, 0.6) is 0 Å². The Balaban J connectivity index is 2.17. The summed E-state index contributed by atoms with van der Waals surface area (Å²) >= 11 is 0. The largest absolute Gasteiger partial charge is 0.545 e. The van der Waals surface area contributed by atoms with Crippen LogP contribution < -0.4 is 5.11 Å². The average molecular weight is 282 g/mol. The summed E-state index contributed by atoms with van der Waals surface area (Å²) in [5, 5.41) is 11.0. The number of morpholine rings is 1. The molecule has 0 spiro atoms. The lowest BCUT2D eigenvalue weighted by atomic mass is 9.81. The van der Waals surface area contributed by atoms with Crippen LogP contribution in [-0.4, -0.2) is 35.3 Å². The number of hydrogen-bond acceptors (Lipinski definition) is 5. The van der Waals surface area contributed by atoms with Crippen molar-refractivity contribution >= 4 is 11.8 Å². The van der Waals surface area contributed by atoms with E-state index in [9.17, 15) is 23.5 Å². The molecule has 7 heteroatoms. The van der Waals surface area contributed by atoms with Crippen LogP contribution in [-0.2, 0) is 14.3 Å².